The predicted molar refractivity (Wildman–Crippen MR) is 70.5 cm³/mol. The number of aliphatic carboxylic acids is 1. The van der Waals surface area contributed by atoms with Crippen LogP contribution in [0.2, 0.25) is 0 Å². The molecule has 0 radical (unpaired) electrons. The summed E-state index contributed by atoms with van der Waals surface area (Å²) in [6.07, 6.45) is 2.45. The Kier molecular flexibility index (Phi) is 2.87. The lowest BCUT2D eigenvalue weighted by Crippen LogP contribution is -2.05. The monoisotopic (exact) mass is 270 g/mol. The lowest BCUT2D eigenvalue weighted by molar-refractivity contribution is -0.135. The van der Waals surface area contributed by atoms with Gasteiger partial charge < -0.3 is 13.9 Å². The molecule has 0 unspecified atom stereocenters. The van der Waals surface area contributed by atoms with Gasteiger partial charge in [0.15, 0.2) is 5.76 Å². The Bertz CT molecular complexity index is 793. The topological polar surface area (TPSA) is 80.6 Å². The largest absolute Gasteiger partial charge is 0.481 e. The summed E-state index contributed by atoms with van der Waals surface area (Å²) in [5, 5.41) is 9.57. The second-order valence-electron chi connectivity index (χ2n) is 4.37. The van der Waals surface area contributed by atoms with E-state index < -0.39 is 18.2 Å². The highest BCUT2D eigenvalue weighted by Crippen LogP contribution is 2.27. The van der Waals surface area contributed by atoms with Crippen LogP contribution in [-0.2, 0) is 4.79 Å². The van der Waals surface area contributed by atoms with E-state index in [2.05, 4.69) is 0 Å². The molecule has 1 aromatic carbocycles. The second kappa shape index (κ2) is 4.70. The van der Waals surface area contributed by atoms with Crippen LogP contribution < -0.4 is 0 Å². The first-order valence-corrected chi connectivity index (χ1v) is 5.94. The molecule has 0 saturated carbocycles. The van der Waals surface area contributed by atoms with Gasteiger partial charge in [0, 0.05) is 10.9 Å². The molecule has 1 N–H and O–H groups in total. The van der Waals surface area contributed by atoms with Crippen LogP contribution in [0, 0.1) is 0 Å². The fourth-order valence-corrected chi connectivity index (χ4v) is 1.99. The maximum absolute atomic E-state index is 11.6. The van der Waals surface area contributed by atoms with Crippen LogP contribution >= 0.6 is 0 Å². The van der Waals surface area contributed by atoms with Crippen molar-refractivity contribution in [1.29, 1.82) is 0 Å². The van der Waals surface area contributed by atoms with Gasteiger partial charge in [0.25, 0.3) is 0 Å². The van der Waals surface area contributed by atoms with Crippen molar-refractivity contribution in [2.24, 2.45) is 0 Å². The van der Waals surface area contributed by atoms with Crippen LogP contribution in [0.3, 0.4) is 0 Å². The Morgan fingerprint density at radius 1 is 1.05 bits per heavy atom. The summed E-state index contributed by atoms with van der Waals surface area (Å²) in [5.74, 6) is -1.69. The van der Waals surface area contributed by atoms with Crippen molar-refractivity contribution >= 4 is 22.7 Å². The molecule has 3 aromatic rings. The van der Waals surface area contributed by atoms with E-state index in [-0.39, 0.29) is 5.76 Å². The molecule has 5 heteroatoms. The molecule has 0 bridgehead atoms. The number of Topliss-reactive ketones (excluding diaryl/α,β-unsaturated/α-hetero) is 1. The van der Waals surface area contributed by atoms with E-state index >= 15 is 0 Å². The number of hydrogen-bond donors (Lipinski definition) is 1. The number of rotatable bonds is 4. The molecule has 0 aliphatic carbocycles. The maximum Gasteiger partial charge on any atom is 0.311 e. The van der Waals surface area contributed by atoms with Crippen LogP contribution in [0.5, 0.6) is 0 Å². The van der Waals surface area contributed by atoms with Crippen molar-refractivity contribution in [1.82, 2.24) is 0 Å². The number of carbonyl (C=O) groups is 2. The van der Waals surface area contributed by atoms with Gasteiger partial charge in [0.1, 0.15) is 12.0 Å². The van der Waals surface area contributed by atoms with Gasteiger partial charge in [0.05, 0.1) is 12.5 Å². The van der Waals surface area contributed by atoms with E-state index in [1.807, 2.05) is 24.3 Å². The number of ketones is 1. The molecule has 0 saturated heterocycles. The Morgan fingerprint density at radius 2 is 1.90 bits per heavy atom. The van der Waals surface area contributed by atoms with E-state index in [1.54, 1.807) is 6.26 Å². The number of furan rings is 2. The average Bonchev–Trinajstić information content (AvgIpc) is 3.06. The number of hydrogen-bond acceptors (Lipinski definition) is 4. The number of carboxylic acid groups (broad SMARTS) is 1. The second-order valence-corrected chi connectivity index (χ2v) is 4.37. The average molecular weight is 270 g/mol. The predicted octanol–water partition coefficient (Wildman–Crippen LogP) is 3.35. The zero-order chi connectivity index (χ0) is 14.1. The summed E-state index contributed by atoms with van der Waals surface area (Å²) in [5.41, 5.74) is 2.28. The molecule has 5 nitrogen and oxygen atoms in total. The van der Waals surface area contributed by atoms with Crippen LogP contribution in [0.4, 0.5) is 0 Å². The molecule has 0 fully saturated rings. The Morgan fingerprint density at radius 3 is 2.70 bits per heavy atom. The van der Waals surface area contributed by atoms with Gasteiger partial charge in [0.2, 0.25) is 5.78 Å². The number of carboxylic acids is 1. The fraction of sp³-hybridized carbons (Fsp3) is 0.0667. The lowest BCUT2D eigenvalue weighted by atomic mass is 10.1. The smallest absolute Gasteiger partial charge is 0.311 e. The Hall–Kier alpha value is -2.82. The quantitative estimate of drug-likeness (QED) is 0.580. The van der Waals surface area contributed by atoms with Gasteiger partial charge in [-0.15, -0.1) is 0 Å². The Labute approximate surface area is 113 Å². The summed E-state index contributed by atoms with van der Waals surface area (Å²) in [6.45, 7) is 0. The standard InChI is InChI=1S/C15H10O5/c16-12(7-15(17)18)14-6-11(8-20-14)10-2-1-9-3-4-19-13(9)5-10/h1-6,8H,7H2,(H,17,18). The van der Waals surface area contributed by atoms with Gasteiger partial charge in [-0.1, -0.05) is 12.1 Å². The molecular weight excluding hydrogens is 260 g/mol. The number of carbonyl (C=O) groups excluding carboxylic acids is 1. The molecule has 0 amide bonds. The van der Waals surface area contributed by atoms with Crippen LogP contribution in [0.25, 0.3) is 22.1 Å². The third kappa shape index (κ3) is 2.21. The van der Waals surface area contributed by atoms with Gasteiger partial charge >= 0.3 is 5.97 Å². The summed E-state index contributed by atoms with van der Waals surface area (Å²) < 4.78 is 10.4. The normalized spacial score (nSPS) is 10.8. The van der Waals surface area contributed by atoms with Gasteiger partial charge in [-0.05, 0) is 23.8 Å². The lowest BCUT2D eigenvalue weighted by Gasteiger charge is -1.96. The SMILES string of the molecule is O=C(O)CC(=O)c1cc(-c2ccc3ccoc3c2)co1. The summed E-state index contributed by atoms with van der Waals surface area (Å²) in [7, 11) is 0. The van der Waals surface area contributed by atoms with Gasteiger partial charge in [-0.3, -0.25) is 9.59 Å². The molecule has 2 heterocycles. The zero-order valence-electron chi connectivity index (χ0n) is 10.3. The highest BCUT2D eigenvalue weighted by atomic mass is 16.4. The van der Waals surface area contributed by atoms with E-state index in [1.165, 1.54) is 12.3 Å². The Balaban J connectivity index is 1.92. The van der Waals surface area contributed by atoms with Crippen molar-refractivity contribution in [3.63, 3.8) is 0 Å². The third-order valence-corrected chi connectivity index (χ3v) is 2.98. The molecule has 0 aliphatic heterocycles. The molecule has 2 aromatic heterocycles. The molecule has 0 atom stereocenters. The first-order chi connectivity index (χ1) is 9.63. The van der Waals surface area contributed by atoms with E-state index in [4.69, 9.17) is 13.9 Å². The minimum Gasteiger partial charge on any atom is -0.481 e. The van der Waals surface area contributed by atoms with E-state index in [9.17, 15) is 9.59 Å². The summed E-state index contributed by atoms with van der Waals surface area (Å²) >= 11 is 0. The fourth-order valence-electron chi connectivity index (χ4n) is 1.99. The van der Waals surface area contributed by atoms with Crippen molar-refractivity contribution in [3.8, 4) is 11.1 Å². The van der Waals surface area contributed by atoms with Crippen LogP contribution in [0.15, 0.2) is 51.7 Å². The summed E-state index contributed by atoms with van der Waals surface area (Å²) in [4.78, 5) is 22.1. The minimum absolute atomic E-state index is 0.0435. The van der Waals surface area contributed by atoms with E-state index in [0.29, 0.717) is 5.56 Å². The van der Waals surface area contributed by atoms with Gasteiger partial charge in [-0.25, -0.2) is 0 Å². The first-order valence-electron chi connectivity index (χ1n) is 5.94. The maximum atomic E-state index is 11.6. The molecule has 20 heavy (non-hydrogen) atoms. The highest BCUT2D eigenvalue weighted by Gasteiger charge is 2.15. The molecule has 100 valence electrons. The zero-order valence-corrected chi connectivity index (χ0v) is 10.3. The third-order valence-electron chi connectivity index (χ3n) is 2.98. The highest BCUT2D eigenvalue weighted by molar-refractivity contribution is 6.04. The first kappa shape index (κ1) is 12.2. The molecular formula is C15H10O5. The van der Waals surface area contributed by atoms with Crippen molar-refractivity contribution in [3.05, 3.63) is 48.6 Å². The van der Waals surface area contributed by atoms with E-state index in [0.717, 1.165) is 16.5 Å². The van der Waals surface area contributed by atoms with Crippen LogP contribution in [-0.4, -0.2) is 16.9 Å². The summed E-state index contributed by atoms with van der Waals surface area (Å²) in [6, 6.07) is 9.02. The van der Waals surface area contributed by atoms with Crippen LogP contribution in [0.1, 0.15) is 17.0 Å². The number of benzene rings is 1. The minimum atomic E-state index is -1.18. The number of fused-ring (bicyclic) bond motifs is 1. The van der Waals surface area contributed by atoms with Crippen molar-refractivity contribution in [2.45, 2.75) is 6.42 Å². The molecule has 3 rings (SSSR count). The molecule has 0 aliphatic rings. The van der Waals surface area contributed by atoms with Crippen molar-refractivity contribution in [2.75, 3.05) is 0 Å². The van der Waals surface area contributed by atoms with Crippen molar-refractivity contribution < 1.29 is 23.5 Å². The molecule has 0 spiro atoms. The van der Waals surface area contributed by atoms with Gasteiger partial charge in [-0.2, -0.15) is 0 Å².